The van der Waals surface area contributed by atoms with E-state index >= 15 is 0 Å². The van der Waals surface area contributed by atoms with Crippen LogP contribution in [0.15, 0.2) is 0 Å². The number of rotatable bonds is 5. The summed E-state index contributed by atoms with van der Waals surface area (Å²) in [6.07, 6.45) is -0.828. The summed E-state index contributed by atoms with van der Waals surface area (Å²) >= 11 is 0. The SMILES string of the molecule is O=C(O)CCNC(=O)CC(=O)O. The molecule has 0 aliphatic heterocycles. The minimum absolute atomic E-state index is 0.0402. The van der Waals surface area contributed by atoms with Crippen molar-refractivity contribution < 1.29 is 24.6 Å². The minimum Gasteiger partial charge on any atom is -0.481 e. The zero-order chi connectivity index (χ0) is 9.56. The van der Waals surface area contributed by atoms with Crippen molar-refractivity contribution in [1.82, 2.24) is 5.32 Å². The summed E-state index contributed by atoms with van der Waals surface area (Å²) in [5.41, 5.74) is 0. The molecule has 0 aromatic heterocycles. The van der Waals surface area contributed by atoms with Crippen molar-refractivity contribution in [1.29, 1.82) is 0 Å². The Morgan fingerprint density at radius 2 is 1.67 bits per heavy atom. The fraction of sp³-hybridized carbons (Fsp3) is 0.500. The fourth-order valence-electron chi connectivity index (χ4n) is 0.509. The lowest BCUT2D eigenvalue weighted by Gasteiger charge is -1.99. The van der Waals surface area contributed by atoms with Crippen LogP contribution in [-0.4, -0.2) is 34.6 Å². The molecule has 0 saturated carbocycles. The molecular weight excluding hydrogens is 166 g/mol. The van der Waals surface area contributed by atoms with Gasteiger partial charge in [-0.15, -0.1) is 0 Å². The lowest BCUT2D eigenvalue weighted by atomic mass is 10.4. The standard InChI is InChI=1S/C6H9NO5/c8-4(3-6(11)12)7-2-1-5(9)10/h1-3H2,(H,7,8)(H,9,10)(H,11,12). The second kappa shape index (κ2) is 5.11. The molecule has 3 N–H and O–H groups in total. The van der Waals surface area contributed by atoms with E-state index in [4.69, 9.17) is 10.2 Å². The molecule has 0 aliphatic carbocycles. The average Bonchev–Trinajstić information content (AvgIpc) is 1.84. The molecule has 0 heterocycles. The van der Waals surface area contributed by atoms with Gasteiger partial charge in [-0.25, -0.2) is 0 Å². The Kier molecular flexibility index (Phi) is 4.43. The Balaban J connectivity index is 3.44. The largest absolute Gasteiger partial charge is 0.481 e. The van der Waals surface area contributed by atoms with E-state index < -0.39 is 24.3 Å². The highest BCUT2D eigenvalue weighted by Gasteiger charge is 2.06. The molecule has 0 rings (SSSR count). The number of nitrogens with one attached hydrogen (secondary N) is 1. The Morgan fingerprint density at radius 3 is 2.08 bits per heavy atom. The smallest absolute Gasteiger partial charge is 0.312 e. The first-order valence-corrected chi connectivity index (χ1v) is 3.22. The van der Waals surface area contributed by atoms with Gasteiger partial charge in [-0.1, -0.05) is 0 Å². The van der Waals surface area contributed by atoms with E-state index in [1.165, 1.54) is 0 Å². The number of carboxylic acids is 2. The van der Waals surface area contributed by atoms with Crippen LogP contribution < -0.4 is 5.32 Å². The molecule has 0 aromatic carbocycles. The number of amides is 1. The molecule has 0 fully saturated rings. The molecule has 0 saturated heterocycles. The van der Waals surface area contributed by atoms with E-state index in [0.717, 1.165) is 0 Å². The third-order valence-electron chi connectivity index (χ3n) is 0.973. The topological polar surface area (TPSA) is 104 Å². The third kappa shape index (κ3) is 6.53. The Bertz CT molecular complexity index is 200. The zero-order valence-corrected chi connectivity index (χ0v) is 6.24. The van der Waals surface area contributed by atoms with Gasteiger partial charge in [0.2, 0.25) is 5.91 Å². The van der Waals surface area contributed by atoms with Crippen LogP contribution in [0.4, 0.5) is 0 Å². The Morgan fingerprint density at radius 1 is 1.08 bits per heavy atom. The van der Waals surface area contributed by atoms with Crippen molar-refractivity contribution in [2.24, 2.45) is 0 Å². The number of aliphatic carboxylic acids is 2. The van der Waals surface area contributed by atoms with Gasteiger partial charge >= 0.3 is 11.9 Å². The molecule has 1 amide bonds. The van der Waals surface area contributed by atoms with E-state index in [9.17, 15) is 14.4 Å². The molecular formula is C6H9NO5. The summed E-state index contributed by atoms with van der Waals surface area (Å²) in [6.45, 7) is -0.0402. The van der Waals surface area contributed by atoms with Crippen LogP contribution in [0.3, 0.4) is 0 Å². The molecule has 0 aromatic rings. The first-order chi connectivity index (χ1) is 5.52. The van der Waals surface area contributed by atoms with Gasteiger partial charge in [0.1, 0.15) is 6.42 Å². The number of hydrogen-bond acceptors (Lipinski definition) is 3. The normalized spacial score (nSPS) is 9.00. The molecule has 0 unspecified atom stereocenters. The van der Waals surface area contributed by atoms with Gasteiger partial charge in [0, 0.05) is 6.54 Å². The van der Waals surface area contributed by atoms with E-state index in [1.807, 2.05) is 0 Å². The van der Waals surface area contributed by atoms with Crippen LogP contribution in [0.25, 0.3) is 0 Å². The molecule has 68 valence electrons. The molecule has 0 atom stereocenters. The molecule has 6 heteroatoms. The summed E-state index contributed by atoms with van der Waals surface area (Å²) in [6, 6.07) is 0. The van der Waals surface area contributed by atoms with E-state index in [-0.39, 0.29) is 13.0 Å². The molecule has 12 heavy (non-hydrogen) atoms. The zero-order valence-electron chi connectivity index (χ0n) is 6.24. The van der Waals surface area contributed by atoms with Gasteiger partial charge in [-0.3, -0.25) is 14.4 Å². The van der Waals surface area contributed by atoms with Crippen LogP contribution in [0.1, 0.15) is 12.8 Å². The van der Waals surface area contributed by atoms with E-state index in [2.05, 4.69) is 5.32 Å². The second-order valence-electron chi connectivity index (χ2n) is 2.06. The van der Waals surface area contributed by atoms with Crippen LogP contribution in [-0.2, 0) is 14.4 Å². The van der Waals surface area contributed by atoms with Gasteiger partial charge in [-0.2, -0.15) is 0 Å². The summed E-state index contributed by atoms with van der Waals surface area (Å²) in [7, 11) is 0. The van der Waals surface area contributed by atoms with E-state index in [0.29, 0.717) is 0 Å². The fourth-order valence-corrected chi connectivity index (χ4v) is 0.509. The quantitative estimate of drug-likeness (QED) is 0.467. The van der Waals surface area contributed by atoms with E-state index in [1.54, 1.807) is 0 Å². The van der Waals surface area contributed by atoms with Crippen LogP contribution in [0.5, 0.6) is 0 Å². The maximum Gasteiger partial charge on any atom is 0.312 e. The predicted molar refractivity (Wildman–Crippen MR) is 37.5 cm³/mol. The highest BCUT2D eigenvalue weighted by Crippen LogP contribution is 1.80. The lowest BCUT2D eigenvalue weighted by Crippen LogP contribution is -2.27. The molecule has 0 radical (unpaired) electrons. The van der Waals surface area contributed by atoms with Gasteiger partial charge in [-0.05, 0) is 0 Å². The Labute approximate surface area is 68.2 Å². The second-order valence-corrected chi connectivity index (χ2v) is 2.06. The van der Waals surface area contributed by atoms with Crippen molar-refractivity contribution in [3.63, 3.8) is 0 Å². The Hall–Kier alpha value is -1.59. The minimum atomic E-state index is -1.23. The first-order valence-electron chi connectivity index (χ1n) is 3.22. The van der Waals surface area contributed by atoms with Gasteiger partial charge in [0.25, 0.3) is 0 Å². The van der Waals surface area contributed by atoms with Gasteiger partial charge < -0.3 is 15.5 Å². The predicted octanol–water partition coefficient (Wildman–Crippen LogP) is -0.948. The highest BCUT2D eigenvalue weighted by molar-refractivity contribution is 5.93. The third-order valence-corrected chi connectivity index (χ3v) is 0.973. The maximum absolute atomic E-state index is 10.6. The van der Waals surface area contributed by atoms with Crippen molar-refractivity contribution in [3.05, 3.63) is 0 Å². The van der Waals surface area contributed by atoms with Crippen molar-refractivity contribution in [2.75, 3.05) is 6.54 Å². The monoisotopic (exact) mass is 175 g/mol. The average molecular weight is 175 g/mol. The summed E-state index contributed by atoms with van der Waals surface area (Å²) in [5, 5.41) is 18.4. The number of carbonyl (C=O) groups excluding carboxylic acids is 1. The summed E-state index contributed by atoms with van der Waals surface area (Å²) in [4.78, 5) is 30.4. The molecule has 6 nitrogen and oxygen atoms in total. The highest BCUT2D eigenvalue weighted by atomic mass is 16.4. The van der Waals surface area contributed by atoms with Crippen molar-refractivity contribution in [2.45, 2.75) is 12.8 Å². The first kappa shape index (κ1) is 10.4. The van der Waals surface area contributed by atoms with Crippen LogP contribution in [0, 0.1) is 0 Å². The van der Waals surface area contributed by atoms with Crippen molar-refractivity contribution in [3.8, 4) is 0 Å². The summed E-state index contributed by atoms with van der Waals surface area (Å²) in [5.74, 6) is -2.95. The number of carbonyl (C=O) groups is 3. The maximum atomic E-state index is 10.6. The van der Waals surface area contributed by atoms with Crippen LogP contribution >= 0.6 is 0 Å². The molecule has 0 aliphatic rings. The van der Waals surface area contributed by atoms with Crippen LogP contribution in [0.2, 0.25) is 0 Å². The lowest BCUT2D eigenvalue weighted by molar-refractivity contribution is -0.140. The number of carboxylic acid groups (broad SMARTS) is 2. The van der Waals surface area contributed by atoms with Crippen molar-refractivity contribution >= 4 is 17.8 Å². The molecule has 0 bridgehead atoms. The van der Waals surface area contributed by atoms with Gasteiger partial charge in [0.05, 0.1) is 6.42 Å². The summed E-state index contributed by atoms with van der Waals surface area (Å²) < 4.78 is 0. The van der Waals surface area contributed by atoms with Gasteiger partial charge in [0.15, 0.2) is 0 Å². The number of hydrogen-bond donors (Lipinski definition) is 3. The molecule has 0 spiro atoms.